The van der Waals surface area contributed by atoms with Gasteiger partial charge in [0.25, 0.3) is 10.0 Å². The van der Waals surface area contributed by atoms with E-state index in [-0.39, 0.29) is 4.90 Å². The van der Waals surface area contributed by atoms with E-state index in [2.05, 4.69) is 10.0 Å². The van der Waals surface area contributed by atoms with Gasteiger partial charge in [0.05, 0.1) is 11.4 Å². The summed E-state index contributed by atoms with van der Waals surface area (Å²) in [6.07, 6.45) is 0. The van der Waals surface area contributed by atoms with Gasteiger partial charge in [-0.25, -0.2) is 8.42 Å². The molecule has 2 aromatic rings. The first-order valence-electron chi connectivity index (χ1n) is 6.31. The molecule has 2 aromatic carbocycles. The minimum absolute atomic E-state index is 0.239. The second kappa shape index (κ2) is 5.54. The molecule has 0 fully saturated rings. The molecule has 0 bridgehead atoms. The molecule has 0 radical (unpaired) electrons. The molecule has 2 N–H and O–H groups in total. The first kappa shape index (κ1) is 14.4. The van der Waals surface area contributed by atoms with Crippen molar-refractivity contribution in [3.05, 3.63) is 53.6 Å². The topological polar surface area (TPSA) is 58.2 Å². The van der Waals surface area contributed by atoms with Crippen LogP contribution in [-0.2, 0) is 10.0 Å². The van der Waals surface area contributed by atoms with Gasteiger partial charge in [0, 0.05) is 7.05 Å². The minimum atomic E-state index is -3.61. The monoisotopic (exact) mass is 290 g/mol. The molecule has 0 amide bonds. The summed E-state index contributed by atoms with van der Waals surface area (Å²) in [7, 11) is -1.91. The minimum Gasteiger partial charge on any atom is -0.387 e. The van der Waals surface area contributed by atoms with E-state index in [1.165, 1.54) is 0 Å². The second-order valence-corrected chi connectivity index (χ2v) is 6.32. The van der Waals surface area contributed by atoms with E-state index in [9.17, 15) is 8.42 Å². The zero-order chi connectivity index (χ0) is 14.8. The standard InChI is InChI=1S/C15H18N2O2S/c1-11-8-9-12(2)14(10-11)17-20(18,19)15-7-5-4-6-13(15)16-3/h4-10,16-17H,1-3H3. The highest BCUT2D eigenvalue weighted by Gasteiger charge is 2.18. The van der Waals surface area contributed by atoms with Crippen LogP contribution in [0.4, 0.5) is 11.4 Å². The third-order valence-electron chi connectivity index (χ3n) is 3.08. The van der Waals surface area contributed by atoms with E-state index in [4.69, 9.17) is 0 Å². The summed E-state index contributed by atoms with van der Waals surface area (Å²) in [4.78, 5) is 0.239. The fourth-order valence-corrected chi connectivity index (χ4v) is 3.29. The first-order valence-corrected chi connectivity index (χ1v) is 7.79. The molecule has 0 spiro atoms. The van der Waals surface area contributed by atoms with Crippen LogP contribution in [0.25, 0.3) is 0 Å². The molecule has 0 aromatic heterocycles. The molecule has 20 heavy (non-hydrogen) atoms. The molecule has 4 nitrogen and oxygen atoms in total. The van der Waals surface area contributed by atoms with Gasteiger partial charge < -0.3 is 5.32 Å². The van der Waals surface area contributed by atoms with Crippen LogP contribution in [0.1, 0.15) is 11.1 Å². The summed E-state index contributed by atoms with van der Waals surface area (Å²) in [5.41, 5.74) is 3.08. The predicted octanol–water partition coefficient (Wildman–Crippen LogP) is 3.15. The van der Waals surface area contributed by atoms with Crippen LogP contribution in [0.3, 0.4) is 0 Å². The van der Waals surface area contributed by atoms with Crippen molar-refractivity contribution in [3.63, 3.8) is 0 Å². The second-order valence-electron chi connectivity index (χ2n) is 4.67. The van der Waals surface area contributed by atoms with Gasteiger partial charge >= 0.3 is 0 Å². The van der Waals surface area contributed by atoms with Gasteiger partial charge in [-0.3, -0.25) is 4.72 Å². The lowest BCUT2D eigenvalue weighted by atomic mass is 10.1. The van der Waals surface area contributed by atoms with Crippen molar-refractivity contribution >= 4 is 21.4 Å². The fourth-order valence-electron chi connectivity index (χ4n) is 1.95. The van der Waals surface area contributed by atoms with Gasteiger partial charge in [0.1, 0.15) is 4.90 Å². The normalized spacial score (nSPS) is 11.2. The Bertz CT molecular complexity index is 724. The van der Waals surface area contributed by atoms with Crippen molar-refractivity contribution < 1.29 is 8.42 Å². The Hall–Kier alpha value is -2.01. The Kier molecular flexibility index (Phi) is 3.99. The lowest BCUT2D eigenvalue weighted by molar-refractivity contribution is 0.601. The zero-order valence-electron chi connectivity index (χ0n) is 11.8. The molecule has 0 saturated heterocycles. The predicted molar refractivity (Wildman–Crippen MR) is 82.7 cm³/mol. The quantitative estimate of drug-likeness (QED) is 0.909. The molecular weight excluding hydrogens is 272 g/mol. The Balaban J connectivity index is 2.43. The summed E-state index contributed by atoms with van der Waals surface area (Å²) in [5, 5.41) is 2.89. The lowest BCUT2D eigenvalue weighted by Crippen LogP contribution is -2.15. The number of rotatable bonds is 4. The highest BCUT2D eigenvalue weighted by atomic mass is 32.2. The van der Waals surface area contributed by atoms with Crippen molar-refractivity contribution in [2.75, 3.05) is 17.1 Å². The molecule has 0 aliphatic carbocycles. The Morgan fingerprint density at radius 2 is 1.65 bits per heavy atom. The summed E-state index contributed by atoms with van der Waals surface area (Å²) in [6, 6.07) is 12.5. The van der Waals surface area contributed by atoms with E-state index in [1.807, 2.05) is 32.0 Å². The number of aryl methyl sites for hydroxylation is 2. The van der Waals surface area contributed by atoms with E-state index in [1.54, 1.807) is 31.3 Å². The molecule has 106 valence electrons. The smallest absolute Gasteiger partial charge is 0.263 e. The van der Waals surface area contributed by atoms with Crippen molar-refractivity contribution in [1.29, 1.82) is 0 Å². The molecule has 0 saturated carbocycles. The van der Waals surface area contributed by atoms with Crippen LogP contribution in [0.15, 0.2) is 47.4 Å². The van der Waals surface area contributed by atoms with Crippen molar-refractivity contribution in [2.45, 2.75) is 18.7 Å². The molecule has 0 aliphatic rings. The Labute approximate surface area is 119 Å². The van der Waals surface area contributed by atoms with Crippen LogP contribution in [0.2, 0.25) is 0 Å². The molecular formula is C15H18N2O2S. The maximum Gasteiger partial charge on any atom is 0.263 e. The summed E-state index contributed by atoms with van der Waals surface area (Å²) >= 11 is 0. The molecule has 5 heteroatoms. The number of anilines is 2. The maximum absolute atomic E-state index is 12.5. The van der Waals surface area contributed by atoms with E-state index >= 15 is 0 Å². The van der Waals surface area contributed by atoms with Gasteiger partial charge in [-0.1, -0.05) is 24.3 Å². The Morgan fingerprint density at radius 3 is 2.35 bits per heavy atom. The molecule has 0 atom stereocenters. The molecule has 0 aliphatic heterocycles. The third-order valence-corrected chi connectivity index (χ3v) is 4.51. The summed E-state index contributed by atoms with van der Waals surface area (Å²) in [5.74, 6) is 0. The first-order chi connectivity index (χ1) is 9.44. The van der Waals surface area contributed by atoms with Crippen LogP contribution in [0, 0.1) is 13.8 Å². The highest BCUT2D eigenvalue weighted by molar-refractivity contribution is 7.92. The average Bonchev–Trinajstić information content (AvgIpc) is 2.42. The number of hydrogen-bond acceptors (Lipinski definition) is 3. The number of para-hydroxylation sites is 1. The number of nitrogens with one attached hydrogen (secondary N) is 2. The van der Waals surface area contributed by atoms with Gasteiger partial charge in [-0.2, -0.15) is 0 Å². The van der Waals surface area contributed by atoms with Crippen LogP contribution >= 0.6 is 0 Å². The average molecular weight is 290 g/mol. The van der Waals surface area contributed by atoms with Crippen molar-refractivity contribution in [3.8, 4) is 0 Å². The van der Waals surface area contributed by atoms with Gasteiger partial charge in [0.15, 0.2) is 0 Å². The van der Waals surface area contributed by atoms with Crippen LogP contribution in [-0.4, -0.2) is 15.5 Å². The van der Waals surface area contributed by atoms with E-state index in [0.717, 1.165) is 11.1 Å². The van der Waals surface area contributed by atoms with E-state index < -0.39 is 10.0 Å². The van der Waals surface area contributed by atoms with Gasteiger partial charge in [0.2, 0.25) is 0 Å². The maximum atomic E-state index is 12.5. The zero-order valence-corrected chi connectivity index (χ0v) is 12.6. The largest absolute Gasteiger partial charge is 0.387 e. The molecule has 0 unspecified atom stereocenters. The van der Waals surface area contributed by atoms with Crippen molar-refractivity contribution in [2.24, 2.45) is 0 Å². The summed E-state index contributed by atoms with van der Waals surface area (Å²) < 4.78 is 27.6. The van der Waals surface area contributed by atoms with Crippen LogP contribution < -0.4 is 10.0 Å². The van der Waals surface area contributed by atoms with Gasteiger partial charge in [-0.05, 0) is 43.2 Å². The van der Waals surface area contributed by atoms with Gasteiger partial charge in [-0.15, -0.1) is 0 Å². The fraction of sp³-hybridized carbons (Fsp3) is 0.200. The molecule has 2 rings (SSSR count). The molecule has 0 heterocycles. The van der Waals surface area contributed by atoms with Crippen molar-refractivity contribution in [1.82, 2.24) is 0 Å². The summed E-state index contributed by atoms with van der Waals surface area (Å²) in [6.45, 7) is 3.81. The number of sulfonamides is 1. The third kappa shape index (κ3) is 2.93. The number of hydrogen-bond donors (Lipinski definition) is 2. The number of benzene rings is 2. The Morgan fingerprint density at radius 1 is 0.950 bits per heavy atom. The SMILES string of the molecule is CNc1ccccc1S(=O)(=O)Nc1cc(C)ccc1C. The highest BCUT2D eigenvalue weighted by Crippen LogP contribution is 2.25. The van der Waals surface area contributed by atoms with E-state index in [0.29, 0.717) is 11.4 Å². The lowest BCUT2D eigenvalue weighted by Gasteiger charge is -2.14. The van der Waals surface area contributed by atoms with Crippen LogP contribution in [0.5, 0.6) is 0 Å².